The summed E-state index contributed by atoms with van der Waals surface area (Å²) in [5.74, 6) is 0.254. The monoisotopic (exact) mass is 248 g/mol. The molecular formula is C16H24O2. The zero-order valence-electron chi connectivity index (χ0n) is 11.4. The summed E-state index contributed by atoms with van der Waals surface area (Å²) in [4.78, 5) is 0. The van der Waals surface area contributed by atoms with E-state index in [4.69, 9.17) is 4.74 Å². The SMILES string of the molecule is CCCCC[C@@H](O)[C@@H]1[C@@H](C)O[C@H]1c1ccccc1. The molecule has 1 aliphatic heterocycles. The molecular weight excluding hydrogens is 224 g/mol. The van der Waals surface area contributed by atoms with Crippen LogP contribution in [0, 0.1) is 5.92 Å². The van der Waals surface area contributed by atoms with Gasteiger partial charge in [-0.05, 0) is 18.9 Å². The van der Waals surface area contributed by atoms with Crippen molar-refractivity contribution >= 4 is 0 Å². The summed E-state index contributed by atoms with van der Waals surface area (Å²) in [5, 5.41) is 10.3. The van der Waals surface area contributed by atoms with Crippen molar-refractivity contribution in [2.45, 2.75) is 57.8 Å². The second-order valence-corrected chi connectivity index (χ2v) is 5.31. The third-order valence-corrected chi connectivity index (χ3v) is 3.93. The van der Waals surface area contributed by atoms with Crippen LogP contribution in [-0.4, -0.2) is 17.3 Å². The Morgan fingerprint density at radius 3 is 2.56 bits per heavy atom. The van der Waals surface area contributed by atoms with Gasteiger partial charge in [0.05, 0.1) is 18.3 Å². The highest BCUT2D eigenvalue weighted by molar-refractivity contribution is 5.21. The standard InChI is InChI=1S/C16H24O2/c1-3-4-6-11-14(17)15-12(2)18-16(15)13-9-7-5-8-10-13/h5,7-10,12,14-17H,3-4,6,11H2,1-2H3/t12-,14-,15+,16+/m1/s1. The highest BCUT2D eigenvalue weighted by atomic mass is 16.5. The van der Waals surface area contributed by atoms with Crippen molar-refractivity contribution in [1.82, 2.24) is 0 Å². The summed E-state index contributed by atoms with van der Waals surface area (Å²) in [7, 11) is 0. The molecule has 0 bridgehead atoms. The van der Waals surface area contributed by atoms with E-state index in [1.54, 1.807) is 0 Å². The van der Waals surface area contributed by atoms with Crippen LogP contribution in [0.1, 0.15) is 51.2 Å². The Kier molecular flexibility index (Phi) is 4.79. The Hall–Kier alpha value is -0.860. The Morgan fingerprint density at radius 2 is 1.94 bits per heavy atom. The average Bonchev–Trinajstić information content (AvgIpc) is 2.37. The maximum Gasteiger partial charge on any atom is 0.0906 e. The van der Waals surface area contributed by atoms with Crippen LogP contribution >= 0.6 is 0 Å². The molecule has 0 unspecified atom stereocenters. The molecule has 0 saturated carbocycles. The first-order chi connectivity index (χ1) is 8.74. The van der Waals surface area contributed by atoms with E-state index >= 15 is 0 Å². The quantitative estimate of drug-likeness (QED) is 0.778. The number of unbranched alkanes of at least 4 members (excludes halogenated alkanes) is 2. The molecule has 1 aliphatic rings. The van der Waals surface area contributed by atoms with Gasteiger partial charge < -0.3 is 9.84 Å². The molecule has 0 amide bonds. The second kappa shape index (κ2) is 6.35. The van der Waals surface area contributed by atoms with Gasteiger partial charge in [0, 0.05) is 5.92 Å². The van der Waals surface area contributed by atoms with Crippen LogP contribution in [0.4, 0.5) is 0 Å². The number of benzene rings is 1. The maximum absolute atomic E-state index is 10.3. The van der Waals surface area contributed by atoms with Crippen LogP contribution in [-0.2, 0) is 4.74 Å². The number of ether oxygens (including phenoxy) is 1. The summed E-state index contributed by atoms with van der Waals surface area (Å²) in [6.07, 6.45) is 4.44. The van der Waals surface area contributed by atoms with E-state index in [2.05, 4.69) is 26.0 Å². The molecule has 0 aliphatic carbocycles. The van der Waals surface area contributed by atoms with Crippen molar-refractivity contribution in [2.24, 2.45) is 5.92 Å². The van der Waals surface area contributed by atoms with Crippen molar-refractivity contribution in [1.29, 1.82) is 0 Å². The molecule has 2 rings (SSSR count). The highest BCUT2D eigenvalue weighted by Crippen LogP contribution is 2.43. The largest absolute Gasteiger partial charge is 0.393 e. The molecule has 1 aromatic rings. The van der Waals surface area contributed by atoms with Crippen LogP contribution in [0.3, 0.4) is 0 Å². The Morgan fingerprint density at radius 1 is 1.22 bits per heavy atom. The maximum atomic E-state index is 10.3. The summed E-state index contributed by atoms with van der Waals surface area (Å²) < 4.78 is 5.81. The van der Waals surface area contributed by atoms with E-state index in [0.717, 1.165) is 12.8 Å². The minimum atomic E-state index is -0.231. The van der Waals surface area contributed by atoms with Crippen molar-refractivity contribution in [2.75, 3.05) is 0 Å². The number of aliphatic hydroxyl groups is 1. The molecule has 0 radical (unpaired) electrons. The Balaban J connectivity index is 1.94. The predicted octanol–water partition coefficient (Wildman–Crippen LogP) is 3.70. The lowest BCUT2D eigenvalue weighted by Gasteiger charge is -2.46. The lowest BCUT2D eigenvalue weighted by molar-refractivity contribution is -0.214. The smallest absolute Gasteiger partial charge is 0.0906 e. The fourth-order valence-corrected chi connectivity index (χ4v) is 2.82. The van der Waals surface area contributed by atoms with Gasteiger partial charge in [0.2, 0.25) is 0 Å². The molecule has 18 heavy (non-hydrogen) atoms. The van der Waals surface area contributed by atoms with E-state index in [1.165, 1.54) is 18.4 Å². The summed E-state index contributed by atoms with van der Waals surface area (Å²) in [5.41, 5.74) is 1.19. The van der Waals surface area contributed by atoms with Crippen molar-refractivity contribution < 1.29 is 9.84 Å². The predicted molar refractivity (Wildman–Crippen MR) is 73.4 cm³/mol. The fraction of sp³-hybridized carbons (Fsp3) is 0.625. The molecule has 100 valence electrons. The first-order valence-corrected chi connectivity index (χ1v) is 7.12. The summed E-state index contributed by atoms with van der Waals surface area (Å²) in [6.45, 7) is 4.25. The molecule has 4 atom stereocenters. The first kappa shape index (κ1) is 13.6. The lowest BCUT2D eigenvalue weighted by Crippen LogP contribution is -2.47. The molecule has 1 saturated heterocycles. The van der Waals surface area contributed by atoms with Gasteiger partial charge in [0.25, 0.3) is 0 Å². The highest BCUT2D eigenvalue weighted by Gasteiger charge is 2.44. The van der Waals surface area contributed by atoms with Gasteiger partial charge in [0.1, 0.15) is 0 Å². The van der Waals surface area contributed by atoms with Gasteiger partial charge in [0.15, 0.2) is 0 Å². The van der Waals surface area contributed by atoms with Gasteiger partial charge >= 0.3 is 0 Å². The van der Waals surface area contributed by atoms with Crippen molar-refractivity contribution in [3.05, 3.63) is 35.9 Å². The molecule has 0 spiro atoms. The molecule has 0 aromatic heterocycles. The average molecular weight is 248 g/mol. The molecule has 1 N–H and O–H groups in total. The van der Waals surface area contributed by atoms with E-state index < -0.39 is 0 Å². The topological polar surface area (TPSA) is 29.5 Å². The summed E-state index contributed by atoms with van der Waals surface area (Å²) in [6, 6.07) is 10.2. The first-order valence-electron chi connectivity index (χ1n) is 7.12. The van der Waals surface area contributed by atoms with E-state index in [0.29, 0.717) is 0 Å². The van der Waals surface area contributed by atoms with Crippen LogP contribution in [0.25, 0.3) is 0 Å². The third-order valence-electron chi connectivity index (χ3n) is 3.93. The fourth-order valence-electron chi connectivity index (χ4n) is 2.82. The van der Waals surface area contributed by atoms with Crippen LogP contribution in [0.2, 0.25) is 0 Å². The van der Waals surface area contributed by atoms with Crippen LogP contribution < -0.4 is 0 Å². The Labute approximate surface area is 110 Å². The van der Waals surface area contributed by atoms with Gasteiger partial charge in [-0.1, -0.05) is 56.5 Å². The van der Waals surface area contributed by atoms with Crippen molar-refractivity contribution in [3.8, 4) is 0 Å². The molecule has 1 fully saturated rings. The number of hydrogen-bond acceptors (Lipinski definition) is 2. The van der Waals surface area contributed by atoms with E-state index in [9.17, 15) is 5.11 Å². The van der Waals surface area contributed by atoms with E-state index in [1.807, 2.05) is 18.2 Å². The zero-order chi connectivity index (χ0) is 13.0. The van der Waals surface area contributed by atoms with Crippen molar-refractivity contribution in [3.63, 3.8) is 0 Å². The van der Waals surface area contributed by atoms with Gasteiger partial charge in [-0.25, -0.2) is 0 Å². The van der Waals surface area contributed by atoms with E-state index in [-0.39, 0.29) is 24.2 Å². The minimum Gasteiger partial charge on any atom is -0.393 e. The second-order valence-electron chi connectivity index (χ2n) is 5.31. The van der Waals surface area contributed by atoms with Gasteiger partial charge in [-0.2, -0.15) is 0 Å². The molecule has 1 heterocycles. The number of rotatable bonds is 6. The Bertz CT molecular complexity index is 349. The molecule has 1 aromatic carbocycles. The minimum absolute atomic E-state index is 0.0813. The van der Waals surface area contributed by atoms with Gasteiger partial charge in [-0.3, -0.25) is 0 Å². The lowest BCUT2D eigenvalue weighted by atomic mass is 9.80. The third kappa shape index (κ3) is 2.93. The number of hydrogen-bond donors (Lipinski definition) is 1. The van der Waals surface area contributed by atoms with Gasteiger partial charge in [-0.15, -0.1) is 0 Å². The number of aliphatic hydroxyl groups excluding tert-OH is 1. The van der Waals surface area contributed by atoms with Crippen LogP contribution in [0.5, 0.6) is 0 Å². The summed E-state index contributed by atoms with van der Waals surface area (Å²) >= 11 is 0. The molecule has 2 heteroatoms. The molecule has 2 nitrogen and oxygen atoms in total. The normalized spacial score (nSPS) is 28.7. The zero-order valence-corrected chi connectivity index (χ0v) is 11.4. The van der Waals surface area contributed by atoms with Crippen LogP contribution in [0.15, 0.2) is 30.3 Å².